The fourth-order valence-corrected chi connectivity index (χ4v) is 4.95. The third-order valence-corrected chi connectivity index (χ3v) is 6.48. The Bertz CT molecular complexity index is 1150. The van der Waals surface area contributed by atoms with Crippen LogP contribution in [0.15, 0.2) is 24.4 Å². The predicted octanol–water partition coefficient (Wildman–Crippen LogP) is 2.76. The summed E-state index contributed by atoms with van der Waals surface area (Å²) in [6.45, 7) is 2.95. The van der Waals surface area contributed by atoms with Crippen molar-refractivity contribution in [3.05, 3.63) is 53.0 Å². The summed E-state index contributed by atoms with van der Waals surface area (Å²) < 4.78 is 16.5. The largest absolute Gasteiger partial charge is 0.347 e. The van der Waals surface area contributed by atoms with Gasteiger partial charge in [0.2, 0.25) is 11.9 Å². The molecule has 0 N–H and O–H groups in total. The second-order valence-electron chi connectivity index (χ2n) is 8.66. The minimum Gasteiger partial charge on any atom is -0.347 e. The number of nitrogens with zero attached hydrogens (tertiary/aromatic N) is 6. The number of anilines is 1. The summed E-state index contributed by atoms with van der Waals surface area (Å²) in [5.74, 6) is -0.248. The van der Waals surface area contributed by atoms with E-state index in [-0.39, 0.29) is 17.0 Å². The predicted molar refractivity (Wildman–Crippen MR) is 111 cm³/mol. The number of likely N-dealkylation sites (tertiary alicyclic amines) is 1. The van der Waals surface area contributed by atoms with Gasteiger partial charge >= 0.3 is 0 Å². The van der Waals surface area contributed by atoms with Gasteiger partial charge in [0.15, 0.2) is 5.69 Å². The van der Waals surface area contributed by atoms with Crippen LogP contribution >= 0.6 is 0 Å². The molecule has 3 aromatic heterocycles. The Morgan fingerprint density at radius 1 is 1.23 bits per heavy atom. The van der Waals surface area contributed by atoms with Crippen LogP contribution in [0.1, 0.15) is 46.7 Å². The molecule has 0 bridgehead atoms. The van der Waals surface area contributed by atoms with Crippen molar-refractivity contribution in [3.8, 4) is 0 Å². The molecule has 1 fully saturated rings. The second kappa shape index (κ2) is 6.75. The van der Waals surface area contributed by atoms with Gasteiger partial charge in [0.25, 0.3) is 5.91 Å². The quantitative estimate of drug-likeness (QED) is 0.652. The van der Waals surface area contributed by atoms with Crippen molar-refractivity contribution in [2.24, 2.45) is 0 Å². The van der Waals surface area contributed by atoms with E-state index in [0.717, 1.165) is 36.9 Å². The highest BCUT2D eigenvalue weighted by atomic mass is 19.1. The van der Waals surface area contributed by atoms with Gasteiger partial charge in [0.1, 0.15) is 5.65 Å². The number of fused-ring (bicyclic) bond motifs is 3. The smallest absolute Gasteiger partial charge is 0.277 e. The van der Waals surface area contributed by atoms with Gasteiger partial charge in [-0.15, -0.1) is 0 Å². The molecule has 7 nitrogen and oxygen atoms in total. The number of aryl methyl sites for hydroxylation is 2. The van der Waals surface area contributed by atoms with Gasteiger partial charge < -0.3 is 9.80 Å². The lowest BCUT2D eigenvalue weighted by Gasteiger charge is -2.40. The summed E-state index contributed by atoms with van der Waals surface area (Å²) >= 11 is 0. The van der Waals surface area contributed by atoms with Crippen LogP contribution in [0, 0.1) is 12.9 Å². The van der Waals surface area contributed by atoms with E-state index >= 15 is 4.39 Å². The molecule has 4 heterocycles. The van der Waals surface area contributed by atoms with Gasteiger partial charge in [-0.25, -0.2) is 15.0 Å². The molecule has 2 aliphatic rings. The molecule has 8 heteroatoms. The molecule has 1 amide bonds. The molecule has 1 spiro atoms. The van der Waals surface area contributed by atoms with E-state index in [1.807, 2.05) is 31.3 Å². The maximum atomic E-state index is 15.1. The maximum Gasteiger partial charge on any atom is 0.277 e. The number of carbonyl (C=O) groups excluding carboxylic acids is 1. The van der Waals surface area contributed by atoms with Crippen LogP contribution in [0.25, 0.3) is 5.65 Å². The summed E-state index contributed by atoms with van der Waals surface area (Å²) in [6.07, 6.45) is 5.59. The number of hydrogen-bond donors (Lipinski definition) is 0. The van der Waals surface area contributed by atoms with E-state index in [1.54, 1.807) is 24.0 Å². The summed E-state index contributed by atoms with van der Waals surface area (Å²) in [5.41, 5.74) is 3.08. The summed E-state index contributed by atoms with van der Waals surface area (Å²) in [5, 5.41) is 0. The summed E-state index contributed by atoms with van der Waals surface area (Å²) in [6, 6.07) is 5.34. The highest BCUT2D eigenvalue weighted by Gasteiger charge is 2.45. The van der Waals surface area contributed by atoms with Crippen molar-refractivity contribution in [2.45, 2.75) is 38.0 Å². The first-order valence-electron chi connectivity index (χ1n) is 10.4. The maximum absolute atomic E-state index is 15.1. The van der Waals surface area contributed by atoms with Crippen LogP contribution in [0.5, 0.6) is 0 Å². The van der Waals surface area contributed by atoms with Crippen molar-refractivity contribution >= 4 is 17.5 Å². The number of carbonyl (C=O) groups is 1. The van der Waals surface area contributed by atoms with E-state index in [2.05, 4.69) is 9.97 Å². The number of amides is 1. The van der Waals surface area contributed by atoms with Crippen LogP contribution in [-0.2, 0) is 11.8 Å². The van der Waals surface area contributed by atoms with Crippen molar-refractivity contribution in [1.82, 2.24) is 24.3 Å². The molecular weight excluding hydrogens is 383 g/mol. The lowest BCUT2D eigenvalue weighted by molar-refractivity contribution is 0.0623. The number of hydrogen-bond acceptors (Lipinski definition) is 5. The zero-order chi connectivity index (χ0) is 21.0. The molecule has 1 atom stereocenters. The van der Waals surface area contributed by atoms with Crippen LogP contribution in [0.4, 0.5) is 10.3 Å². The van der Waals surface area contributed by atoms with Crippen molar-refractivity contribution in [1.29, 1.82) is 0 Å². The Morgan fingerprint density at radius 3 is 2.83 bits per heavy atom. The molecule has 0 radical (unpaired) electrons. The Hall–Kier alpha value is -3.03. The van der Waals surface area contributed by atoms with Crippen molar-refractivity contribution in [2.75, 3.05) is 32.1 Å². The first-order valence-corrected chi connectivity index (χ1v) is 10.4. The number of imidazole rings is 1. The van der Waals surface area contributed by atoms with Crippen LogP contribution in [0.3, 0.4) is 0 Å². The van der Waals surface area contributed by atoms with Crippen LogP contribution in [0.2, 0.25) is 0 Å². The third-order valence-electron chi connectivity index (χ3n) is 6.48. The number of rotatable bonds is 2. The van der Waals surface area contributed by atoms with E-state index in [0.29, 0.717) is 30.4 Å². The molecule has 1 saturated heterocycles. The number of pyridine rings is 1. The monoisotopic (exact) mass is 408 g/mol. The van der Waals surface area contributed by atoms with E-state index in [4.69, 9.17) is 4.98 Å². The Kier molecular flexibility index (Phi) is 4.27. The third kappa shape index (κ3) is 2.77. The van der Waals surface area contributed by atoms with Crippen molar-refractivity contribution < 1.29 is 9.18 Å². The SMILES string of the molecule is Cc1cccc2nc(C(=O)N3CCCC4(CCc5cnc(N(C)C)nc54)C3)c(F)n12. The minimum atomic E-state index is -0.586. The lowest BCUT2D eigenvalue weighted by atomic mass is 9.77. The highest BCUT2D eigenvalue weighted by Crippen LogP contribution is 2.44. The molecular formula is C22H25FN6O. The Balaban J connectivity index is 1.49. The minimum absolute atomic E-state index is 0.101. The normalized spacial score (nSPS) is 20.7. The molecule has 3 aromatic rings. The zero-order valence-corrected chi connectivity index (χ0v) is 17.5. The van der Waals surface area contributed by atoms with Gasteiger partial charge in [-0.05, 0) is 50.3 Å². The highest BCUT2D eigenvalue weighted by molar-refractivity contribution is 5.93. The fraction of sp³-hybridized carbons (Fsp3) is 0.455. The first kappa shape index (κ1) is 19.0. The fourth-order valence-electron chi connectivity index (χ4n) is 4.95. The number of piperidine rings is 1. The molecule has 156 valence electrons. The summed E-state index contributed by atoms with van der Waals surface area (Å²) in [4.78, 5) is 30.6. The van der Waals surface area contributed by atoms with Crippen LogP contribution in [-0.4, -0.2) is 57.3 Å². The lowest BCUT2D eigenvalue weighted by Crippen LogP contribution is -2.48. The standard InChI is InChI=1S/C22H25FN6O/c1-14-6-4-7-16-25-17(19(23)29(14)16)20(30)28-11-5-9-22(13-28)10-8-15-12-24-21(27(2)3)26-18(15)22/h4,6-7,12H,5,8-11,13H2,1-3H3. The Labute approximate surface area is 174 Å². The molecule has 0 aromatic carbocycles. The Morgan fingerprint density at radius 2 is 2.07 bits per heavy atom. The number of aromatic nitrogens is 4. The van der Waals surface area contributed by atoms with Crippen LogP contribution < -0.4 is 4.90 Å². The van der Waals surface area contributed by atoms with E-state index in [1.165, 1.54) is 4.40 Å². The second-order valence-corrected chi connectivity index (χ2v) is 8.66. The zero-order valence-electron chi connectivity index (χ0n) is 17.5. The van der Waals surface area contributed by atoms with Gasteiger partial charge in [-0.3, -0.25) is 9.20 Å². The van der Waals surface area contributed by atoms with E-state index in [9.17, 15) is 4.79 Å². The van der Waals surface area contributed by atoms with Gasteiger partial charge in [0.05, 0.1) is 5.69 Å². The van der Waals surface area contributed by atoms with Gasteiger partial charge in [-0.2, -0.15) is 4.39 Å². The first-order chi connectivity index (χ1) is 14.4. The molecule has 30 heavy (non-hydrogen) atoms. The van der Waals surface area contributed by atoms with Gasteiger partial charge in [-0.1, -0.05) is 6.07 Å². The average molecular weight is 408 g/mol. The topological polar surface area (TPSA) is 66.6 Å². The molecule has 5 rings (SSSR count). The van der Waals surface area contributed by atoms with E-state index < -0.39 is 5.95 Å². The molecule has 0 saturated carbocycles. The number of halogens is 1. The summed E-state index contributed by atoms with van der Waals surface area (Å²) in [7, 11) is 3.85. The van der Waals surface area contributed by atoms with Crippen molar-refractivity contribution in [3.63, 3.8) is 0 Å². The molecule has 1 aliphatic heterocycles. The van der Waals surface area contributed by atoms with Gasteiger partial charge in [0, 0.05) is 44.5 Å². The molecule has 1 unspecified atom stereocenters. The average Bonchev–Trinajstić information content (AvgIpc) is 3.26. The molecule has 1 aliphatic carbocycles.